The number of hydrogen-bond donors (Lipinski definition) is 1. The summed E-state index contributed by atoms with van der Waals surface area (Å²) in [7, 11) is 0. The highest BCUT2D eigenvalue weighted by Gasteiger charge is 2.29. The zero-order chi connectivity index (χ0) is 19.4. The molecule has 5 heteroatoms. The van der Waals surface area contributed by atoms with Crippen LogP contribution in [0.5, 0.6) is 11.5 Å². The number of benzene rings is 2. The van der Waals surface area contributed by atoms with Crippen molar-refractivity contribution >= 4 is 17.6 Å². The fraction of sp³-hybridized carbons (Fsp3) is 0.273. The second-order valence-electron chi connectivity index (χ2n) is 6.91. The predicted octanol–water partition coefficient (Wildman–Crippen LogP) is 3.37. The highest BCUT2D eigenvalue weighted by atomic mass is 16.5. The number of carboxylic acids is 1. The normalized spacial score (nSPS) is 18.7. The topological polar surface area (TPSA) is 78.5 Å². The summed E-state index contributed by atoms with van der Waals surface area (Å²) in [5, 5.41) is 14.0. The molecule has 1 N–H and O–H groups in total. The molecule has 0 bridgehead atoms. The molecule has 0 saturated heterocycles. The Hall–Kier alpha value is -3.08. The number of anilines is 1. The van der Waals surface area contributed by atoms with Gasteiger partial charge in [0.2, 0.25) is 5.91 Å². The number of rotatable bonds is 5. The van der Waals surface area contributed by atoms with Crippen molar-refractivity contribution in [2.24, 2.45) is 11.8 Å². The molecular formula is C22H22NO4-. The van der Waals surface area contributed by atoms with Crippen molar-refractivity contribution in [1.29, 1.82) is 0 Å². The van der Waals surface area contributed by atoms with E-state index in [9.17, 15) is 14.7 Å². The molecule has 0 fully saturated rings. The summed E-state index contributed by atoms with van der Waals surface area (Å²) in [6.45, 7) is 4.03. The van der Waals surface area contributed by atoms with Crippen molar-refractivity contribution in [1.82, 2.24) is 0 Å². The molecule has 0 aromatic heterocycles. The van der Waals surface area contributed by atoms with E-state index in [4.69, 9.17) is 4.74 Å². The molecule has 1 aliphatic rings. The van der Waals surface area contributed by atoms with Crippen molar-refractivity contribution in [3.05, 3.63) is 65.7 Å². The van der Waals surface area contributed by atoms with Crippen LogP contribution in [-0.4, -0.2) is 11.9 Å². The van der Waals surface area contributed by atoms with Gasteiger partial charge in [0.05, 0.1) is 5.92 Å². The molecule has 2 aromatic carbocycles. The van der Waals surface area contributed by atoms with Gasteiger partial charge < -0.3 is 20.0 Å². The number of aliphatic carboxylic acids is 1. The number of ether oxygens (including phenoxy) is 1. The van der Waals surface area contributed by atoms with Gasteiger partial charge in [-0.3, -0.25) is 4.79 Å². The van der Waals surface area contributed by atoms with Crippen molar-refractivity contribution in [3.63, 3.8) is 0 Å². The van der Waals surface area contributed by atoms with Gasteiger partial charge in [0.1, 0.15) is 11.5 Å². The van der Waals surface area contributed by atoms with E-state index in [2.05, 4.69) is 11.4 Å². The summed E-state index contributed by atoms with van der Waals surface area (Å²) in [4.78, 5) is 23.7. The van der Waals surface area contributed by atoms with Crippen LogP contribution in [-0.2, 0) is 9.59 Å². The third-order valence-electron chi connectivity index (χ3n) is 4.62. The van der Waals surface area contributed by atoms with Crippen LogP contribution in [0.3, 0.4) is 0 Å². The Balaban J connectivity index is 1.65. The first-order valence-electron chi connectivity index (χ1n) is 8.95. The smallest absolute Gasteiger partial charge is 0.228 e. The van der Waals surface area contributed by atoms with Crippen LogP contribution < -0.4 is 15.2 Å². The van der Waals surface area contributed by atoms with Crippen LogP contribution in [0.4, 0.5) is 5.69 Å². The second kappa shape index (κ2) is 8.08. The molecule has 2 atom stereocenters. The molecule has 0 unspecified atom stereocenters. The number of carboxylic acid groups (broad SMARTS) is 1. The van der Waals surface area contributed by atoms with Gasteiger partial charge >= 0.3 is 0 Å². The van der Waals surface area contributed by atoms with Gasteiger partial charge in [-0.1, -0.05) is 18.2 Å². The van der Waals surface area contributed by atoms with Crippen LogP contribution >= 0.6 is 0 Å². The number of allylic oxidation sites excluding steroid dienone is 2. The Bertz CT molecular complexity index is 850. The van der Waals surface area contributed by atoms with Gasteiger partial charge in [-0.25, -0.2) is 0 Å². The lowest BCUT2D eigenvalue weighted by Gasteiger charge is -2.28. The van der Waals surface area contributed by atoms with Crippen LogP contribution in [0.1, 0.15) is 24.0 Å². The molecule has 3 rings (SSSR count). The summed E-state index contributed by atoms with van der Waals surface area (Å²) < 4.78 is 5.86. The van der Waals surface area contributed by atoms with Gasteiger partial charge in [-0.2, -0.15) is 0 Å². The van der Waals surface area contributed by atoms with Gasteiger partial charge in [0, 0.05) is 17.6 Å². The minimum Gasteiger partial charge on any atom is -0.550 e. The Labute approximate surface area is 158 Å². The molecule has 0 aliphatic heterocycles. The third kappa shape index (κ3) is 4.76. The summed E-state index contributed by atoms with van der Waals surface area (Å²) in [6, 6.07) is 13.0. The number of nitrogens with one attached hydrogen (secondary N) is 1. The summed E-state index contributed by atoms with van der Waals surface area (Å²) in [5.74, 6) is -1.48. The number of hydrogen-bond acceptors (Lipinski definition) is 4. The van der Waals surface area contributed by atoms with Crippen molar-refractivity contribution in [3.8, 4) is 11.5 Å². The first-order valence-corrected chi connectivity index (χ1v) is 8.95. The zero-order valence-electron chi connectivity index (χ0n) is 15.4. The molecule has 0 radical (unpaired) electrons. The Morgan fingerprint density at radius 3 is 2.11 bits per heavy atom. The highest BCUT2D eigenvalue weighted by Crippen LogP contribution is 2.28. The largest absolute Gasteiger partial charge is 0.550 e. The number of carbonyl (C=O) groups is 2. The first kappa shape index (κ1) is 18.7. The maximum atomic E-state index is 12.5. The molecule has 0 spiro atoms. The standard InChI is InChI=1S/C22H23NO4/c1-14-11-15(2)13-18(12-14)27-17-9-7-16(8-10-17)23-21(24)19-5-3-4-6-20(19)22(25)26/h3-4,7-13,19-20H,5-6H2,1-2H3,(H,23,24)(H,25,26)/p-1/t19-,20+/m1/s1. The van der Waals surface area contributed by atoms with Gasteiger partial charge in [0.25, 0.3) is 0 Å². The Morgan fingerprint density at radius 2 is 1.52 bits per heavy atom. The van der Waals surface area contributed by atoms with E-state index in [1.165, 1.54) is 0 Å². The molecular weight excluding hydrogens is 342 g/mol. The molecule has 0 saturated carbocycles. The molecule has 0 heterocycles. The molecule has 5 nitrogen and oxygen atoms in total. The molecule has 1 aliphatic carbocycles. The maximum absolute atomic E-state index is 12.5. The lowest BCUT2D eigenvalue weighted by molar-refractivity contribution is -0.313. The van der Waals surface area contributed by atoms with E-state index in [1.807, 2.05) is 32.1 Å². The van der Waals surface area contributed by atoms with Crippen molar-refractivity contribution in [2.75, 3.05) is 5.32 Å². The Kier molecular flexibility index (Phi) is 5.60. The fourth-order valence-electron chi connectivity index (χ4n) is 3.33. The number of aryl methyl sites for hydroxylation is 2. The van der Waals surface area contributed by atoms with Gasteiger partial charge in [-0.15, -0.1) is 0 Å². The summed E-state index contributed by atoms with van der Waals surface area (Å²) in [6.07, 6.45) is 4.34. The van der Waals surface area contributed by atoms with Crippen LogP contribution in [0, 0.1) is 25.7 Å². The van der Waals surface area contributed by atoms with Crippen LogP contribution in [0.2, 0.25) is 0 Å². The minimum absolute atomic E-state index is 0.309. The van der Waals surface area contributed by atoms with Crippen LogP contribution in [0.25, 0.3) is 0 Å². The van der Waals surface area contributed by atoms with Crippen molar-refractivity contribution in [2.45, 2.75) is 26.7 Å². The fourth-order valence-corrected chi connectivity index (χ4v) is 3.33. The quantitative estimate of drug-likeness (QED) is 0.825. The Morgan fingerprint density at radius 1 is 0.926 bits per heavy atom. The number of carbonyl (C=O) groups excluding carboxylic acids is 2. The van der Waals surface area contributed by atoms with E-state index < -0.39 is 17.8 Å². The van der Waals surface area contributed by atoms with Gasteiger partial charge in [0.15, 0.2) is 0 Å². The van der Waals surface area contributed by atoms with Crippen LogP contribution in [0.15, 0.2) is 54.6 Å². The molecule has 1 amide bonds. The predicted molar refractivity (Wildman–Crippen MR) is 101 cm³/mol. The lowest BCUT2D eigenvalue weighted by atomic mass is 9.82. The average Bonchev–Trinajstić information content (AvgIpc) is 2.62. The van der Waals surface area contributed by atoms with Gasteiger partial charge in [-0.05, 0) is 74.2 Å². The highest BCUT2D eigenvalue weighted by molar-refractivity contribution is 5.95. The first-order chi connectivity index (χ1) is 12.9. The SMILES string of the molecule is Cc1cc(C)cc(Oc2ccc(NC(=O)[C@@H]3CC=CC[C@@H]3C(=O)[O-])cc2)c1. The van der Waals surface area contributed by atoms with E-state index in [0.717, 1.165) is 16.9 Å². The summed E-state index contributed by atoms with van der Waals surface area (Å²) in [5.41, 5.74) is 2.84. The van der Waals surface area contributed by atoms with Crippen molar-refractivity contribution < 1.29 is 19.4 Å². The zero-order valence-corrected chi connectivity index (χ0v) is 15.4. The van der Waals surface area contributed by atoms with E-state index in [1.54, 1.807) is 30.3 Å². The maximum Gasteiger partial charge on any atom is 0.228 e. The number of amides is 1. The average molecular weight is 364 g/mol. The monoisotopic (exact) mass is 364 g/mol. The molecule has 140 valence electrons. The minimum atomic E-state index is -1.18. The molecule has 27 heavy (non-hydrogen) atoms. The lowest BCUT2D eigenvalue weighted by Crippen LogP contribution is -2.41. The summed E-state index contributed by atoms with van der Waals surface area (Å²) >= 11 is 0. The second-order valence-corrected chi connectivity index (χ2v) is 6.91. The molecule has 2 aromatic rings. The van der Waals surface area contributed by atoms with E-state index in [0.29, 0.717) is 24.3 Å². The van der Waals surface area contributed by atoms with E-state index >= 15 is 0 Å². The van der Waals surface area contributed by atoms with E-state index in [-0.39, 0.29) is 5.91 Å². The third-order valence-corrected chi connectivity index (χ3v) is 4.62.